The molecule has 2 nitrogen and oxygen atoms in total. The maximum absolute atomic E-state index is 4.35. The van der Waals surface area contributed by atoms with Crippen molar-refractivity contribution in [1.82, 2.24) is 0 Å². The van der Waals surface area contributed by atoms with E-state index in [0.29, 0.717) is 6.04 Å². The van der Waals surface area contributed by atoms with Crippen LogP contribution in [0.1, 0.15) is 26.7 Å². The Hall–Kier alpha value is -0.370. The summed E-state index contributed by atoms with van der Waals surface area (Å²) < 4.78 is 1.07. The third kappa shape index (κ3) is 1.32. The van der Waals surface area contributed by atoms with E-state index in [1.54, 1.807) is 0 Å². The van der Waals surface area contributed by atoms with Crippen molar-refractivity contribution in [2.75, 3.05) is 20.6 Å². The predicted molar refractivity (Wildman–Crippen MR) is 48.8 cm³/mol. The first kappa shape index (κ1) is 8.72. The quantitative estimate of drug-likeness (QED) is 0.511. The van der Waals surface area contributed by atoms with E-state index in [0.717, 1.165) is 4.48 Å². The van der Waals surface area contributed by atoms with E-state index in [2.05, 4.69) is 25.9 Å². The van der Waals surface area contributed by atoms with Crippen LogP contribution in [0, 0.1) is 0 Å². The van der Waals surface area contributed by atoms with Gasteiger partial charge in [-0.1, -0.05) is 0 Å². The Labute approximate surface area is 69.5 Å². The molecule has 0 aromatic heterocycles. The van der Waals surface area contributed by atoms with Gasteiger partial charge in [0.05, 0.1) is 19.6 Å². The minimum Gasteiger partial charge on any atom is -0.279 e. The number of likely N-dealkylation sites (tertiary alicyclic amines) is 1. The lowest BCUT2D eigenvalue weighted by Crippen LogP contribution is -2.50. The van der Waals surface area contributed by atoms with Crippen molar-refractivity contribution in [2.45, 2.75) is 32.7 Å². The highest BCUT2D eigenvalue weighted by molar-refractivity contribution is 5.76. The Morgan fingerprint density at radius 3 is 2.45 bits per heavy atom. The zero-order chi connectivity index (χ0) is 8.48. The molecule has 1 aliphatic heterocycles. The van der Waals surface area contributed by atoms with E-state index >= 15 is 0 Å². The molecule has 11 heavy (non-hydrogen) atoms. The summed E-state index contributed by atoms with van der Waals surface area (Å²) in [7, 11) is 4.21. The van der Waals surface area contributed by atoms with Crippen molar-refractivity contribution >= 4 is 5.84 Å². The highest BCUT2D eigenvalue weighted by atomic mass is 15.4. The number of quaternary nitrogens is 1. The van der Waals surface area contributed by atoms with Gasteiger partial charge in [0.15, 0.2) is 5.84 Å². The molecular weight excluding hydrogens is 136 g/mol. The first-order valence-corrected chi connectivity index (χ1v) is 4.42. The molecule has 1 fully saturated rings. The minimum absolute atomic E-state index is 0.677. The molecule has 0 amide bonds. The summed E-state index contributed by atoms with van der Waals surface area (Å²) in [6, 6.07) is 0.677. The SMILES string of the molecule is C/N=C1\CCC[N+]1(C)C(C)C. The molecule has 1 atom stereocenters. The standard InChI is InChI=1S/C9H19N2/c1-8(2)11(4)7-5-6-9(11)10-3/h8H,5-7H2,1-4H3/q+1/b10-9+. The number of nitrogens with zero attached hydrogens (tertiary/aromatic N) is 2. The van der Waals surface area contributed by atoms with Crippen molar-refractivity contribution in [1.29, 1.82) is 0 Å². The van der Waals surface area contributed by atoms with Crippen LogP contribution in [-0.2, 0) is 0 Å². The molecule has 64 valence electrons. The average Bonchev–Trinajstić information content (AvgIpc) is 2.32. The van der Waals surface area contributed by atoms with Gasteiger partial charge in [-0.3, -0.25) is 4.48 Å². The van der Waals surface area contributed by atoms with Crippen molar-refractivity contribution in [3.8, 4) is 0 Å². The zero-order valence-electron chi connectivity index (χ0n) is 8.09. The average molecular weight is 155 g/mol. The lowest BCUT2D eigenvalue weighted by atomic mass is 10.3. The Balaban J connectivity index is 2.84. The number of aliphatic imine (C=N–C) groups is 1. The second kappa shape index (κ2) is 2.94. The summed E-state index contributed by atoms with van der Waals surface area (Å²) in [5, 5.41) is 0. The molecule has 1 heterocycles. The van der Waals surface area contributed by atoms with Crippen LogP contribution in [0.3, 0.4) is 0 Å². The summed E-state index contributed by atoms with van der Waals surface area (Å²) in [6.07, 6.45) is 2.51. The highest BCUT2D eigenvalue weighted by Gasteiger charge is 2.36. The fourth-order valence-corrected chi connectivity index (χ4v) is 1.85. The molecule has 1 saturated heterocycles. The van der Waals surface area contributed by atoms with Gasteiger partial charge in [-0.05, 0) is 13.8 Å². The van der Waals surface area contributed by atoms with Crippen molar-refractivity contribution < 1.29 is 4.48 Å². The summed E-state index contributed by atoms with van der Waals surface area (Å²) in [4.78, 5) is 4.35. The maximum atomic E-state index is 4.35. The maximum Gasteiger partial charge on any atom is 0.198 e. The monoisotopic (exact) mass is 155 g/mol. The summed E-state index contributed by atoms with van der Waals surface area (Å²) in [6.45, 7) is 5.82. The molecule has 0 aliphatic carbocycles. The van der Waals surface area contributed by atoms with Gasteiger partial charge in [-0.25, -0.2) is 4.99 Å². The minimum atomic E-state index is 0.677. The number of hydrogen-bond acceptors (Lipinski definition) is 1. The number of amidine groups is 1. The first-order valence-electron chi connectivity index (χ1n) is 4.42. The van der Waals surface area contributed by atoms with Gasteiger partial charge in [0.1, 0.15) is 0 Å². The van der Waals surface area contributed by atoms with Crippen LogP contribution in [0.2, 0.25) is 0 Å². The topological polar surface area (TPSA) is 12.4 Å². The van der Waals surface area contributed by atoms with E-state index in [1.165, 1.54) is 25.2 Å². The van der Waals surface area contributed by atoms with Crippen molar-refractivity contribution in [2.24, 2.45) is 4.99 Å². The second-order valence-electron chi connectivity index (χ2n) is 3.83. The van der Waals surface area contributed by atoms with Crippen LogP contribution in [0.15, 0.2) is 4.99 Å². The molecule has 2 heteroatoms. The van der Waals surface area contributed by atoms with Gasteiger partial charge in [-0.2, -0.15) is 0 Å². The van der Waals surface area contributed by atoms with Crippen LogP contribution < -0.4 is 0 Å². The summed E-state index contributed by atoms with van der Waals surface area (Å²) >= 11 is 0. The van der Waals surface area contributed by atoms with E-state index in [1.807, 2.05) is 7.05 Å². The fourth-order valence-electron chi connectivity index (χ4n) is 1.85. The van der Waals surface area contributed by atoms with E-state index in [9.17, 15) is 0 Å². The largest absolute Gasteiger partial charge is 0.279 e. The molecular formula is C9H19N2+. The van der Waals surface area contributed by atoms with Gasteiger partial charge < -0.3 is 0 Å². The Bertz CT molecular complexity index is 172. The smallest absolute Gasteiger partial charge is 0.198 e. The number of rotatable bonds is 1. The van der Waals surface area contributed by atoms with Crippen LogP contribution in [-0.4, -0.2) is 37.0 Å². The van der Waals surface area contributed by atoms with Gasteiger partial charge in [0, 0.05) is 19.9 Å². The lowest BCUT2D eigenvalue weighted by molar-refractivity contribution is -0.837. The third-order valence-electron chi connectivity index (χ3n) is 3.01. The van der Waals surface area contributed by atoms with Crippen LogP contribution in [0.25, 0.3) is 0 Å². The molecule has 0 radical (unpaired) electrons. The molecule has 0 spiro atoms. The summed E-state index contributed by atoms with van der Waals surface area (Å²) in [5.41, 5.74) is 0. The highest BCUT2D eigenvalue weighted by Crippen LogP contribution is 2.22. The van der Waals surface area contributed by atoms with Crippen molar-refractivity contribution in [3.05, 3.63) is 0 Å². The van der Waals surface area contributed by atoms with Gasteiger partial charge in [-0.15, -0.1) is 0 Å². The van der Waals surface area contributed by atoms with Crippen LogP contribution >= 0.6 is 0 Å². The molecule has 0 N–H and O–H groups in total. The number of hydrogen-bond donors (Lipinski definition) is 0. The summed E-state index contributed by atoms with van der Waals surface area (Å²) in [5.74, 6) is 1.38. The van der Waals surface area contributed by atoms with Gasteiger partial charge in [0.2, 0.25) is 0 Å². The normalized spacial score (nSPS) is 35.5. The lowest BCUT2D eigenvalue weighted by Gasteiger charge is -2.33. The van der Waals surface area contributed by atoms with Crippen LogP contribution in [0.5, 0.6) is 0 Å². The molecule has 0 bridgehead atoms. The molecule has 0 aromatic rings. The first-order chi connectivity index (χ1) is 5.11. The predicted octanol–water partition coefficient (Wildman–Crippen LogP) is 1.66. The molecule has 1 unspecified atom stereocenters. The Kier molecular flexibility index (Phi) is 2.33. The fraction of sp³-hybridized carbons (Fsp3) is 0.889. The van der Waals surface area contributed by atoms with Gasteiger partial charge >= 0.3 is 0 Å². The third-order valence-corrected chi connectivity index (χ3v) is 3.01. The van der Waals surface area contributed by atoms with E-state index in [-0.39, 0.29) is 0 Å². The Morgan fingerprint density at radius 1 is 1.45 bits per heavy atom. The molecule has 1 rings (SSSR count). The van der Waals surface area contributed by atoms with Crippen LogP contribution in [0.4, 0.5) is 0 Å². The van der Waals surface area contributed by atoms with E-state index < -0.39 is 0 Å². The second-order valence-corrected chi connectivity index (χ2v) is 3.83. The molecule has 0 aromatic carbocycles. The molecule has 0 saturated carbocycles. The van der Waals surface area contributed by atoms with Crippen molar-refractivity contribution in [3.63, 3.8) is 0 Å². The van der Waals surface area contributed by atoms with E-state index in [4.69, 9.17) is 0 Å². The van der Waals surface area contributed by atoms with Gasteiger partial charge in [0.25, 0.3) is 0 Å². The Morgan fingerprint density at radius 2 is 2.09 bits per heavy atom. The zero-order valence-corrected chi connectivity index (χ0v) is 8.09. The molecule has 1 aliphatic rings.